The van der Waals surface area contributed by atoms with Gasteiger partial charge in [0.1, 0.15) is 0 Å². The molecule has 0 aliphatic heterocycles. The highest BCUT2D eigenvalue weighted by Gasteiger charge is 2.14. The highest BCUT2D eigenvalue weighted by Crippen LogP contribution is 2.19. The van der Waals surface area contributed by atoms with Gasteiger partial charge in [-0.1, -0.05) is 24.3 Å². The van der Waals surface area contributed by atoms with Crippen molar-refractivity contribution in [3.63, 3.8) is 0 Å². The minimum atomic E-state index is 0. The van der Waals surface area contributed by atoms with E-state index in [-0.39, 0.29) is 12.4 Å². The van der Waals surface area contributed by atoms with Crippen molar-refractivity contribution in [2.45, 2.75) is 19.3 Å². The van der Waals surface area contributed by atoms with Crippen LogP contribution in [-0.4, -0.2) is 5.78 Å². The lowest BCUT2D eigenvalue weighted by Gasteiger charge is -2.12. The first kappa shape index (κ1) is 9.27. The van der Waals surface area contributed by atoms with Crippen LogP contribution in [0, 0.1) is 0 Å². The molecule has 0 heterocycles. The summed E-state index contributed by atoms with van der Waals surface area (Å²) in [5.41, 5.74) is 2.17. The average Bonchev–Trinajstić information content (AvgIpc) is 2.06. The van der Waals surface area contributed by atoms with Crippen molar-refractivity contribution in [1.29, 1.82) is 0 Å². The molecule has 0 spiro atoms. The molecule has 0 bridgehead atoms. The van der Waals surface area contributed by atoms with E-state index in [1.165, 1.54) is 5.56 Å². The summed E-state index contributed by atoms with van der Waals surface area (Å²) in [6, 6.07) is 7.91. The third kappa shape index (κ3) is 1.51. The number of hydrogen-bond donors (Lipinski definition) is 0. The van der Waals surface area contributed by atoms with E-state index in [2.05, 4.69) is 0 Å². The van der Waals surface area contributed by atoms with E-state index in [4.69, 9.17) is 0 Å². The van der Waals surface area contributed by atoms with Crippen LogP contribution in [0.3, 0.4) is 0 Å². The van der Waals surface area contributed by atoms with E-state index in [0.29, 0.717) is 5.78 Å². The number of Topliss-reactive ketones (excluding diaryl/α,β-unsaturated/α-hetero) is 1. The molecule has 0 aromatic heterocycles. The molecule has 0 radical (unpaired) electrons. The van der Waals surface area contributed by atoms with Crippen LogP contribution < -0.4 is 0 Å². The second kappa shape index (κ2) is 3.72. The molecule has 1 aromatic carbocycles. The molecule has 1 aromatic rings. The third-order valence-electron chi connectivity index (χ3n) is 2.17. The molecular formula is C10H11ClO. The van der Waals surface area contributed by atoms with Gasteiger partial charge in [0.15, 0.2) is 5.78 Å². The van der Waals surface area contributed by atoms with Crippen molar-refractivity contribution in [2.24, 2.45) is 0 Å². The summed E-state index contributed by atoms with van der Waals surface area (Å²) in [4.78, 5) is 11.3. The number of benzene rings is 1. The Bertz CT molecular complexity index is 294. The van der Waals surface area contributed by atoms with Gasteiger partial charge in [0.05, 0.1) is 0 Å². The van der Waals surface area contributed by atoms with Crippen molar-refractivity contribution in [3.05, 3.63) is 35.4 Å². The van der Waals surface area contributed by atoms with E-state index in [1.54, 1.807) is 0 Å². The van der Waals surface area contributed by atoms with E-state index in [1.807, 2.05) is 24.3 Å². The summed E-state index contributed by atoms with van der Waals surface area (Å²) in [6.45, 7) is 0. The zero-order valence-corrected chi connectivity index (χ0v) is 7.56. The Morgan fingerprint density at radius 3 is 2.58 bits per heavy atom. The molecule has 0 amide bonds. The van der Waals surface area contributed by atoms with Crippen molar-refractivity contribution in [3.8, 4) is 0 Å². The van der Waals surface area contributed by atoms with Gasteiger partial charge < -0.3 is 0 Å². The van der Waals surface area contributed by atoms with Crippen LogP contribution in [0.1, 0.15) is 28.8 Å². The fourth-order valence-electron chi connectivity index (χ4n) is 1.58. The first-order chi connectivity index (χ1) is 5.38. The molecule has 2 rings (SSSR count). The maximum absolute atomic E-state index is 11.3. The molecule has 1 aliphatic rings. The molecule has 1 nitrogen and oxygen atoms in total. The zero-order chi connectivity index (χ0) is 7.68. The van der Waals surface area contributed by atoms with Gasteiger partial charge in [0, 0.05) is 12.0 Å². The topological polar surface area (TPSA) is 17.1 Å². The summed E-state index contributed by atoms with van der Waals surface area (Å²) in [6.07, 6.45) is 2.83. The van der Waals surface area contributed by atoms with Crippen LogP contribution in [0.15, 0.2) is 24.3 Å². The predicted octanol–water partition coefficient (Wildman–Crippen LogP) is 2.63. The molecule has 1 aliphatic carbocycles. The monoisotopic (exact) mass is 182 g/mol. The highest BCUT2D eigenvalue weighted by molar-refractivity contribution is 5.98. The van der Waals surface area contributed by atoms with Gasteiger partial charge in [-0.3, -0.25) is 4.79 Å². The zero-order valence-electron chi connectivity index (χ0n) is 6.75. The summed E-state index contributed by atoms with van der Waals surface area (Å²) >= 11 is 0. The van der Waals surface area contributed by atoms with Gasteiger partial charge in [0.25, 0.3) is 0 Å². The van der Waals surface area contributed by atoms with Gasteiger partial charge in [-0.05, 0) is 18.4 Å². The van der Waals surface area contributed by atoms with Gasteiger partial charge in [0.2, 0.25) is 0 Å². The Morgan fingerprint density at radius 1 is 1.08 bits per heavy atom. The number of rotatable bonds is 0. The van der Waals surface area contributed by atoms with Gasteiger partial charge in [-0.2, -0.15) is 0 Å². The molecule has 0 saturated carbocycles. The van der Waals surface area contributed by atoms with Crippen LogP contribution in [-0.2, 0) is 6.42 Å². The molecule has 64 valence electrons. The first-order valence-electron chi connectivity index (χ1n) is 3.99. The van der Waals surface area contributed by atoms with E-state index < -0.39 is 0 Å². The number of fused-ring (bicyclic) bond motifs is 1. The van der Waals surface area contributed by atoms with Crippen LogP contribution >= 0.6 is 12.4 Å². The van der Waals surface area contributed by atoms with E-state index in [9.17, 15) is 4.79 Å². The molecule has 0 atom stereocenters. The molecular weight excluding hydrogens is 172 g/mol. The van der Waals surface area contributed by atoms with Gasteiger partial charge in [-0.25, -0.2) is 0 Å². The number of ketones is 1. The molecule has 0 unspecified atom stereocenters. The van der Waals surface area contributed by atoms with Crippen LogP contribution in [0.25, 0.3) is 0 Å². The Hall–Kier alpha value is -0.820. The maximum atomic E-state index is 11.3. The largest absolute Gasteiger partial charge is 0.294 e. The Balaban J connectivity index is 0.000000720. The van der Waals surface area contributed by atoms with Crippen LogP contribution in [0.4, 0.5) is 0 Å². The lowest BCUT2D eigenvalue weighted by atomic mass is 9.91. The molecule has 12 heavy (non-hydrogen) atoms. The lowest BCUT2D eigenvalue weighted by molar-refractivity contribution is 0.0972. The minimum Gasteiger partial charge on any atom is -0.294 e. The maximum Gasteiger partial charge on any atom is 0.163 e. The molecule has 0 fully saturated rings. The molecule has 0 N–H and O–H groups in total. The van der Waals surface area contributed by atoms with Gasteiger partial charge in [-0.15, -0.1) is 12.4 Å². The van der Waals surface area contributed by atoms with E-state index >= 15 is 0 Å². The van der Waals surface area contributed by atoms with Crippen LogP contribution in [0.2, 0.25) is 0 Å². The quantitative estimate of drug-likeness (QED) is 0.603. The number of carbonyl (C=O) groups is 1. The first-order valence-corrected chi connectivity index (χ1v) is 3.99. The Morgan fingerprint density at radius 2 is 1.83 bits per heavy atom. The standard InChI is InChI=1S/C10H10O.ClH/c11-10-7-3-5-8-4-1-2-6-9(8)10;/h1-2,4,6H,3,5,7H2;1H. The number of carbonyl (C=O) groups excluding carboxylic acids is 1. The second-order valence-electron chi connectivity index (χ2n) is 2.93. The van der Waals surface area contributed by atoms with Crippen molar-refractivity contribution in [2.75, 3.05) is 0 Å². The molecule has 2 heteroatoms. The fraction of sp³-hybridized carbons (Fsp3) is 0.300. The predicted molar refractivity (Wildman–Crippen MR) is 51.0 cm³/mol. The minimum absolute atomic E-state index is 0. The van der Waals surface area contributed by atoms with Gasteiger partial charge >= 0.3 is 0 Å². The summed E-state index contributed by atoms with van der Waals surface area (Å²) in [7, 11) is 0. The normalized spacial score (nSPS) is 14.8. The van der Waals surface area contributed by atoms with Crippen LogP contribution in [0.5, 0.6) is 0 Å². The van der Waals surface area contributed by atoms with Crippen molar-refractivity contribution >= 4 is 18.2 Å². The highest BCUT2D eigenvalue weighted by atomic mass is 35.5. The number of halogens is 1. The summed E-state index contributed by atoms with van der Waals surface area (Å²) in [5.74, 6) is 0.312. The second-order valence-corrected chi connectivity index (χ2v) is 2.93. The summed E-state index contributed by atoms with van der Waals surface area (Å²) < 4.78 is 0. The number of hydrogen-bond acceptors (Lipinski definition) is 1. The smallest absolute Gasteiger partial charge is 0.163 e. The lowest BCUT2D eigenvalue weighted by Crippen LogP contribution is -2.09. The fourth-order valence-corrected chi connectivity index (χ4v) is 1.58. The summed E-state index contributed by atoms with van der Waals surface area (Å²) in [5, 5.41) is 0. The molecule has 0 saturated heterocycles. The van der Waals surface area contributed by atoms with Crippen molar-refractivity contribution in [1.82, 2.24) is 0 Å². The van der Waals surface area contributed by atoms with E-state index in [0.717, 1.165) is 24.8 Å². The average molecular weight is 183 g/mol. The third-order valence-corrected chi connectivity index (χ3v) is 2.17. The Labute approximate surface area is 78.2 Å². The SMILES string of the molecule is Cl.O=C1CCCc2ccccc21. The van der Waals surface area contributed by atoms with Crippen molar-refractivity contribution < 1.29 is 4.79 Å². The Kier molecular flexibility index (Phi) is 2.88. The number of aryl methyl sites for hydroxylation is 1.